The molecule has 0 saturated heterocycles. The van der Waals surface area contributed by atoms with Crippen LogP contribution in [-0.2, 0) is 10.3 Å². The third-order valence-electron chi connectivity index (χ3n) is 6.09. The van der Waals surface area contributed by atoms with Crippen LogP contribution >= 0.6 is 0 Å². The highest BCUT2D eigenvalue weighted by Gasteiger charge is 2.58. The summed E-state index contributed by atoms with van der Waals surface area (Å²) in [6, 6.07) is 7.06. The van der Waals surface area contributed by atoms with Crippen LogP contribution in [0.5, 0.6) is 0 Å². The molecule has 1 aromatic rings. The monoisotopic (exact) mass is 286 g/mol. The summed E-state index contributed by atoms with van der Waals surface area (Å²) < 4.78 is 19.8. The minimum absolute atomic E-state index is 0.165. The summed E-state index contributed by atoms with van der Waals surface area (Å²) in [6.07, 6.45) is 8.39. The van der Waals surface area contributed by atoms with E-state index >= 15 is 0 Å². The first-order valence-corrected chi connectivity index (χ1v) is 8.23. The predicted molar refractivity (Wildman–Crippen MR) is 81.3 cm³/mol. The lowest BCUT2D eigenvalue weighted by atomic mass is 9.48. The van der Waals surface area contributed by atoms with Gasteiger partial charge in [-0.3, -0.25) is 0 Å². The van der Waals surface area contributed by atoms with Gasteiger partial charge >= 0.3 is 0 Å². The second-order valence-electron chi connectivity index (χ2n) is 7.20. The smallest absolute Gasteiger partial charge is 0.123 e. The van der Waals surface area contributed by atoms with Crippen molar-refractivity contribution in [2.75, 3.05) is 6.61 Å². The predicted octanol–water partition coefficient (Wildman–Crippen LogP) is 4.68. The Labute approximate surface area is 126 Å². The molecule has 0 N–H and O–H groups in total. The summed E-state index contributed by atoms with van der Waals surface area (Å²) in [7, 11) is 0. The average molecular weight is 286 g/mol. The standard InChI is InChI=1S/C19H23FO/c1-2-7-21-19(15-3-5-18(20)6-4-15)16-9-13-8-14(11-16)12-17(19)10-13/h2-6,13-14,16-17H,1,7-12H2. The number of halogens is 1. The molecule has 0 unspecified atom stereocenters. The third kappa shape index (κ3) is 1.99. The van der Waals surface area contributed by atoms with Crippen LogP contribution in [0.3, 0.4) is 0 Å². The summed E-state index contributed by atoms with van der Waals surface area (Å²) in [4.78, 5) is 0. The Morgan fingerprint density at radius 3 is 2.14 bits per heavy atom. The fourth-order valence-corrected chi connectivity index (χ4v) is 5.58. The molecule has 5 rings (SSSR count). The summed E-state index contributed by atoms with van der Waals surface area (Å²) in [6.45, 7) is 4.40. The lowest BCUT2D eigenvalue weighted by Gasteiger charge is -2.61. The first-order valence-electron chi connectivity index (χ1n) is 8.23. The van der Waals surface area contributed by atoms with Crippen LogP contribution in [0, 0.1) is 29.5 Å². The van der Waals surface area contributed by atoms with Crippen molar-refractivity contribution in [3.05, 3.63) is 48.3 Å². The van der Waals surface area contributed by atoms with E-state index in [0.29, 0.717) is 18.4 Å². The molecule has 4 fully saturated rings. The van der Waals surface area contributed by atoms with Crippen molar-refractivity contribution in [3.8, 4) is 0 Å². The summed E-state index contributed by atoms with van der Waals surface area (Å²) in [5.74, 6) is 2.82. The van der Waals surface area contributed by atoms with Gasteiger partial charge in [0.25, 0.3) is 0 Å². The Balaban J connectivity index is 1.77. The molecular weight excluding hydrogens is 263 g/mol. The van der Waals surface area contributed by atoms with Crippen molar-refractivity contribution >= 4 is 0 Å². The molecule has 112 valence electrons. The highest BCUT2D eigenvalue weighted by Crippen LogP contribution is 2.63. The van der Waals surface area contributed by atoms with Gasteiger partial charge in [-0.25, -0.2) is 4.39 Å². The molecule has 4 bridgehead atoms. The maximum Gasteiger partial charge on any atom is 0.123 e. The summed E-state index contributed by atoms with van der Waals surface area (Å²) >= 11 is 0. The molecule has 4 aliphatic carbocycles. The Hall–Kier alpha value is -1.15. The van der Waals surface area contributed by atoms with E-state index in [2.05, 4.69) is 6.58 Å². The van der Waals surface area contributed by atoms with E-state index in [4.69, 9.17) is 4.74 Å². The highest BCUT2D eigenvalue weighted by atomic mass is 19.1. The molecule has 4 saturated carbocycles. The molecule has 1 aromatic carbocycles. The topological polar surface area (TPSA) is 9.23 Å². The Bertz CT molecular complexity index is 505. The molecule has 0 atom stereocenters. The molecule has 0 radical (unpaired) electrons. The van der Waals surface area contributed by atoms with Gasteiger partial charge in [0, 0.05) is 0 Å². The summed E-state index contributed by atoms with van der Waals surface area (Å²) in [5.41, 5.74) is 0.981. The Morgan fingerprint density at radius 2 is 1.62 bits per heavy atom. The lowest BCUT2D eigenvalue weighted by Crippen LogP contribution is -2.57. The van der Waals surface area contributed by atoms with Gasteiger partial charge in [-0.05, 0) is 73.5 Å². The molecule has 0 amide bonds. The SMILES string of the molecule is C=CCOC1(c2ccc(F)cc2)C2CC3CC(C2)CC1C3. The van der Waals surface area contributed by atoms with Crippen molar-refractivity contribution in [3.63, 3.8) is 0 Å². The molecule has 0 aliphatic heterocycles. The molecule has 21 heavy (non-hydrogen) atoms. The van der Waals surface area contributed by atoms with Crippen molar-refractivity contribution in [2.24, 2.45) is 23.7 Å². The van der Waals surface area contributed by atoms with Gasteiger partial charge in [0.05, 0.1) is 12.2 Å². The third-order valence-corrected chi connectivity index (χ3v) is 6.09. The number of benzene rings is 1. The Kier molecular flexibility index (Phi) is 3.18. The van der Waals surface area contributed by atoms with E-state index in [1.807, 2.05) is 18.2 Å². The van der Waals surface area contributed by atoms with Gasteiger partial charge in [0.15, 0.2) is 0 Å². The van der Waals surface area contributed by atoms with Crippen molar-refractivity contribution in [2.45, 2.75) is 37.7 Å². The van der Waals surface area contributed by atoms with E-state index in [0.717, 1.165) is 11.8 Å². The normalized spacial score (nSPS) is 40.4. The van der Waals surface area contributed by atoms with Crippen LogP contribution in [0.25, 0.3) is 0 Å². The van der Waals surface area contributed by atoms with E-state index in [1.54, 1.807) is 12.1 Å². The number of rotatable bonds is 4. The zero-order valence-corrected chi connectivity index (χ0v) is 12.4. The maximum absolute atomic E-state index is 13.3. The minimum atomic E-state index is -0.199. The van der Waals surface area contributed by atoms with Crippen LogP contribution in [0.1, 0.15) is 37.7 Å². The second-order valence-corrected chi connectivity index (χ2v) is 7.20. The largest absolute Gasteiger partial charge is 0.366 e. The second kappa shape index (κ2) is 4.95. The van der Waals surface area contributed by atoms with Crippen LogP contribution in [-0.4, -0.2) is 6.61 Å². The summed E-state index contributed by atoms with van der Waals surface area (Å²) in [5, 5.41) is 0. The number of ether oxygens (including phenoxy) is 1. The van der Waals surface area contributed by atoms with E-state index in [-0.39, 0.29) is 11.4 Å². The van der Waals surface area contributed by atoms with Gasteiger partial charge < -0.3 is 4.74 Å². The molecule has 1 nitrogen and oxygen atoms in total. The van der Waals surface area contributed by atoms with Crippen LogP contribution in [0.2, 0.25) is 0 Å². The first-order chi connectivity index (χ1) is 10.2. The van der Waals surface area contributed by atoms with Gasteiger partial charge in [-0.1, -0.05) is 18.2 Å². The van der Waals surface area contributed by atoms with Gasteiger partial charge in [-0.15, -0.1) is 6.58 Å². The van der Waals surface area contributed by atoms with Gasteiger partial charge in [0.2, 0.25) is 0 Å². The molecule has 4 aliphatic rings. The van der Waals surface area contributed by atoms with E-state index in [9.17, 15) is 4.39 Å². The molecule has 0 spiro atoms. The van der Waals surface area contributed by atoms with Crippen molar-refractivity contribution in [1.29, 1.82) is 0 Å². The van der Waals surface area contributed by atoms with Crippen molar-refractivity contribution in [1.82, 2.24) is 0 Å². The maximum atomic E-state index is 13.3. The average Bonchev–Trinajstić information content (AvgIpc) is 2.48. The fourth-order valence-electron chi connectivity index (χ4n) is 5.58. The quantitative estimate of drug-likeness (QED) is 0.730. The molecule has 0 aromatic heterocycles. The van der Waals surface area contributed by atoms with Crippen molar-refractivity contribution < 1.29 is 9.13 Å². The Morgan fingerprint density at radius 1 is 1.05 bits per heavy atom. The van der Waals surface area contributed by atoms with Gasteiger partial charge in [-0.2, -0.15) is 0 Å². The van der Waals surface area contributed by atoms with Crippen LogP contribution in [0.4, 0.5) is 4.39 Å². The lowest BCUT2D eigenvalue weighted by molar-refractivity contribution is -0.206. The highest BCUT2D eigenvalue weighted by molar-refractivity contribution is 5.29. The van der Waals surface area contributed by atoms with Crippen LogP contribution in [0.15, 0.2) is 36.9 Å². The van der Waals surface area contributed by atoms with E-state index in [1.165, 1.54) is 37.7 Å². The molecular formula is C19H23FO. The zero-order chi connectivity index (χ0) is 14.4. The van der Waals surface area contributed by atoms with E-state index < -0.39 is 0 Å². The fraction of sp³-hybridized carbons (Fsp3) is 0.579. The first kappa shape index (κ1) is 13.5. The molecule has 0 heterocycles. The van der Waals surface area contributed by atoms with Gasteiger partial charge in [0.1, 0.15) is 5.82 Å². The zero-order valence-electron chi connectivity index (χ0n) is 12.4. The molecule has 2 heteroatoms. The number of hydrogen-bond acceptors (Lipinski definition) is 1. The number of hydrogen-bond donors (Lipinski definition) is 0. The van der Waals surface area contributed by atoms with Crippen LogP contribution < -0.4 is 0 Å². The minimum Gasteiger partial charge on any atom is -0.366 e.